The summed E-state index contributed by atoms with van der Waals surface area (Å²) in [5, 5.41) is 16.7. The minimum atomic E-state index is -0.942. The lowest BCUT2D eigenvalue weighted by atomic mass is 10.3. The third-order valence-corrected chi connectivity index (χ3v) is 1.68. The van der Waals surface area contributed by atoms with Gasteiger partial charge in [0.05, 0.1) is 33.3 Å². The molecular formula is C11H19N2O3+. The highest BCUT2D eigenvalue weighted by atomic mass is 16.4. The molecule has 0 radical (unpaired) electrons. The van der Waals surface area contributed by atoms with Gasteiger partial charge in [-0.15, -0.1) is 0 Å². The Kier molecular flexibility index (Phi) is 6.29. The molecule has 1 aromatic heterocycles. The lowest BCUT2D eigenvalue weighted by Crippen LogP contribution is -2.36. The summed E-state index contributed by atoms with van der Waals surface area (Å²) in [5.41, 5.74) is 0.220. The summed E-state index contributed by atoms with van der Waals surface area (Å²) >= 11 is 0. The highest BCUT2D eigenvalue weighted by Crippen LogP contribution is 1.92. The molecule has 0 fully saturated rings. The summed E-state index contributed by atoms with van der Waals surface area (Å²) in [4.78, 5) is 13.8. The molecule has 1 rings (SSSR count). The van der Waals surface area contributed by atoms with Gasteiger partial charge in [-0.1, -0.05) is 0 Å². The molecule has 0 aliphatic rings. The number of pyridine rings is 1. The van der Waals surface area contributed by atoms with Gasteiger partial charge < -0.3 is 14.7 Å². The molecule has 0 atom stereocenters. The first kappa shape index (κ1) is 14.5. The Balaban J connectivity index is 0.000000293. The van der Waals surface area contributed by atoms with Crippen molar-refractivity contribution in [1.82, 2.24) is 4.98 Å². The van der Waals surface area contributed by atoms with Gasteiger partial charge in [0.2, 0.25) is 0 Å². The number of likely N-dealkylation sites (N-methyl/N-ethyl adjacent to an activating group) is 1. The molecule has 5 heteroatoms. The molecule has 0 amide bonds. The number of quaternary nitrogens is 1. The van der Waals surface area contributed by atoms with Crippen molar-refractivity contribution in [3.63, 3.8) is 0 Å². The van der Waals surface area contributed by atoms with Crippen LogP contribution in [0.25, 0.3) is 0 Å². The molecule has 0 unspecified atom stereocenters. The van der Waals surface area contributed by atoms with E-state index in [2.05, 4.69) is 26.1 Å². The predicted octanol–water partition coefficient (Wildman–Crippen LogP) is 0.465. The second-order valence-electron chi connectivity index (χ2n) is 4.28. The van der Waals surface area contributed by atoms with Crippen molar-refractivity contribution in [2.45, 2.75) is 0 Å². The van der Waals surface area contributed by atoms with Crippen molar-refractivity contribution >= 4 is 5.97 Å². The number of carboxylic acid groups (broad SMARTS) is 1. The van der Waals surface area contributed by atoms with Crippen LogP contribution in [0.3, 0.4) is 0 Å². The summed E-state index contributed by atoms with van der Waals surface area (Å²) in [6, 6.07) is 3.08. The third-order valence-electron chi connectivity index (χ3n) is 1.68. The van der Waals surface area contributed by atoms with Crippen LogP contribution in [-0.4, -0.2) is 59.9 Å². The zero-order chi connectivity index (χ0) is 12.6. The van der Waals surface area contributed by atoms with Crippen molar-refractivity contribution in [3.05, 3.63) is 30.1 Å². The Bertz CT molecular complexity index is 307. The molecule has 16 heavy (non-hydrogen) atoms. The SMILES string of the molecule is C[N+](C)(C)CCO.O=C(O)c1cccnc1. The Morgan fingerprint density at radius 2 is 2.06 bits per heavy atom. The minimum absolute atomic E-state index is 0.220. The largest absolute Gasteiger partial charge is 0.478 e. The van der Waals surface area contributed by atoms with E-state index in [-0.39, 0.29) is 12.2 Å². The van der Waals surface area contributed by atoms with Gasteiger partial charge in [0, 0.05) is 12.4 Å². The first-order chi connectivity index (χ1) is 7.37. The molecule has 1 aromatic rings. The van der Waals surface area contributed by atoms with Crippen LogP contribution in [0.5, 0.6) is 0 Å². The standard InChI is InChI=1S/C6H5NO2.C5H14NO/c8-6(9)5-2-1-3-7-4-5;1-6(2,3)4-5-7/h1-4H,(H,8,9);7H,4-5H2,1-3H3/q;+1. The second-order valence-corrected chi connectivity index (χ2v) is 4.28. The number of rotatable bonds is 3. The molecule has 0 bridgehead atoms. The molecule has 90 valence electrons. The Hall–Kier alpha value is -1.46. The number of carbonyl (C=O) groups is 1. The van der Waals surface area contributed by atoms with Gasteiger partial charge in [-0.3, -0.25) is 4.98 Å². The first-order valence-corrected chi connectivity index (χ1v) is 4.91. The quantitative estimate of drug-likeness (QED) is 0.736. The lowest BCUT2D eigenvalue weighted by molar-refractivity contribution is -0.870. The molecule has 0 aromatic carbocycles. The van der Waals surface area contributed by atoms with E-state index in [1.165, 1.54) is 18.5 Å². The summed E-state index contributed by atoms with van der Waals surface area (Å²) in [7, 11) is 6.16. The van der Waals surface area contributed by atoms with Gasteiger partial charge >= 0.3 is 5.97 Å². The summed E-state index contributed by atoms with van der Waals surface area (Å²) in [5.74, 6) is -0.942. The van der Waals surface area contributed by atoms with E-state index in [9.17, 15) is 4.79 Å². The molecular weight excluding hydrogens is 208 g/mol. The molecule has 0 saturated heterocycles. The summed E-state index contributed by atoms with van der Waals surface area (Å²) in [6.45, 7) is 1.11. The van der Waals surface area contributed by atoms with Crippen molar-refractivity contribution < 1.29 is 19.5 Å². The number of nitrogens with zero attached hydrogens (tertiary/aromatic N) is 2. The van der Waals surface area contributed by atoms with Gasteiger partial charge in [0.25, 0.3) is 0 Å². The maximum Gasteiger partial charge on any atom is 0.337 e. The molecule has 0 aliphatic carbocycles. The van der Waals surface area contributed by atoms with E-state index in [0.29, 0.717) is 0 Å². The van der Waals surface area contributed by atoms with Crippen LogP contribution in [0, 0.1) is 0 Å². The van der Waals surface area contributed by atoms with Gasteiger partial charge in [-0.2, -0.15) is 0 Å². The number of carboxylic acids is 1. The van der Waals surface area contributed by atoms with Crippen molar-refractivity contribution in [3.8, 4) is 0 Å². The highest BCUT2D eigenvalue weighted by Gasteiger charge is 2.02. The van der Waals surface area contributed by atoms with Crippen molar-refractivity contribution in [2.24, 2.45) is 0 Å². The van der Waals surface area contributed by atoms with Gasteiger partial charge in [-0.05, 0) is 12.1 Å². The number of hydrogen-bond donors (Lipinski definition) is 2. The van der Waals surface area contributed by atoms with Gasteiger partial charge in [-0.25, -0.2) is 4.79 Å². The fourth-order valence-corrected chi connectivity index (χ4v) is 0.789. The van der Waals surface area contributed by atoms with Crippen molar-refractivity contribution in [2.75, 3.05) is 34.3 Å². The van der Waals surface area contributed by atoms with E-state index in [0.717, 1.165) is 11.0 Å². The zero-order valence-corrected chi connectivity index (χ0v) is 9.92. The van der Waals surface area contributed by atoms with E-state index >= 15 is 0 Å². The number of aliphatic hydroxyl groups excluding tert-OH is 1. The van der Waals surface area contributed by atoms with Crippen LogP contribution < -0.4 is 0 Å². The highest BCUT2D eigenvalue weighted by molar-refractivity contribution is 5.86. The normalized spacial score (nSPS) is 10.2. The smallest absolute Gasteiger partial charge is 0.337 e. The monoisotopic (exact) mass is 227 g/mol. The molecule has 5 nitrogen and oxygen atoms in total. The first-order valence-electron chi connectivity index (χ1n) is 4.91. The Morgan fingerprint density at radius 3 is 2.25 bits per heavy atom. The average molecular weight is 227 g/mol. The minimum Gasteiger partial charge on any atom is -0.478 e. The topological polar surface area (TPSA) is 70.4 Å². The number of aliphatic hydroxyl groups is 1. The van der Waals surface area contributed by atoms with Crippen LogP contribution in [0.1, 0.15) is 10.4 Å². The number of aromatic nitrogens is 1. The molecule has 0 aliphatic heterocycles. The van der Waals surface area contributed by atoms with E-state index in [4.69, 9.17) is 10.2 Å². The van der Waals surface area contributed by atoms with E-state index in [1.807, 2.05) is 0 Å². The average Bonchev–Trinajstić information content (AvgIpc) is 2.18. The van der Waals surface area contributed by atoms with Crippen LogP contribution in [0.15, 0.2) is 24.5 Å². The third kappa shape index (κ3) is 7.90. The molecule has 2 N–H and O–H groups in total. The lowest BCUT2D eigenvalue weighted by Gasteiger charge is -2.21. The van der Waals surface area contributed by atoms with Crippen LogP contribution in [0.4, 0.5) is 0 Å². The predicted molar refractivity (Wildman–Crippen MR) is 61.2 cm³/mol. The number of aromatic carboxylic acids is 1. The van der Waals surface area contributed by atoms with Crippen LogP contribution in [0.2, 0.25) is 0 Å². The second kappa shape index (κ2) is 6.92. The van der Waals surface area contributed by atoms with Crippen LogP contribution in [-0.2, 0) is 0 Å². The Labute approximate surface area is 95.6 Å². The maximum absolute atomic E-state index is 10.2. The fraction of sp³-hybridized carbons (Fsp3) is 0.455. The Morgan fingerprint density at radius 1 is 1.44 bits per heavy atom. The fourth-order valence-electron chi connectivity index (χ4n) is 0.789. The number of hydrogen-bond acceptors (Lipinski definition) is 3. The summed E-state index contributed by atoms with van der Waals surface area (Å²) in [6.07, 6.45) is 2.84. The van der Waals surface area contributed by atoms with Gasteiger partial charge in [0.15, 0.2) is 0 Å². The molecule has 0 spiro atoms. The maximum atomic E-state index is 10.2. The zero-order valence-electron chi connectivity index (χ0n) is 9.92. The van der Waals surface area contributed by atoms with Gasteiger partial charge in [0.1, 0.15) is 6.54 Å². The van der Waals surface area contributed by atoms with E-state index < -0.39 is 5.97 Å². The van der Waals surface area contributed by atoms with E-state index in [1.54, 1.807) is 6.07 Å². The molecule has 1 heterocycles. The molecule has 0 saturated carbocycles. The van der Waals surface area contributed by atoms with Crippen molar-refractivity contribution in [1.29, 1.82) is 0 Å². The summed E-state index contributed by atoms with van der Waals surface area (Å²) < 4.78 is 0.844. The van der Waals surface area contributed by atoms with Crippen LogP contribution >= 0.6 is 0 Å².